The summed E-state index contributed by atoms with van der Waals surface area (Å²) >= 11 is 0. The summed E-state index contributed by atoms with van der Waals surface area (Å²) in [5.74, 6) is -0.379. The second kappa shape index (κ2) is 7.05. The number of para-hydroxylation sites is 1. The largest absolute Gasteiger partial charge is 0.342 e. The zero-order valence-corrected chi connectivity index (χ0v) is 17.1. The van der Waals surface area contributed by atoms with Crippen LogP contribution in [0.4, 0.5) is 0 Å². The molecular weight excluding hydrogens is 386 g/mol. The molecule has 2 aromatic carbocycles. The molecule has 7 rings (SSSR count). The van der Waals surface area contributed by atoms with Crippen LogP contribution in [0.2, 0.25) is 0 Å². The number of imide groups is 1. The van der Waals surface area contributed by atoms with Gasteiger partial charge in [-0.2, -0.15) is 10.1 Å². The fourth-order valence-electron chi connectivity index (χ4n) is 5.58. The summed E-state index contributed by atoms with van der Waals surface area (Å²) in [7, 11) is 0. The average molecular weight is 409 g/mol. The monoisotopic (exact) mass is 409 g/mol. The lowest BCUT2D eigenvalue weighted by Gasteiger charge is -2.37. The lowest BCUT2D eigenvalue weighted by molar-refractivity contribution is -0.140. The van der Waals surface area contributed by atoms with Gasteiger partial charge in [0.25, 0.3) is 11.8 Å². The van der Waals surface area contributed by atoms with Gasteiger partial charge in [-0.15, -0.1) is 0 Å². The zero-order valence-electron chi connectivity index (χ0n) is 17.1. The SMILES string of the molecule is O=C1[C@@H]2[C@@H](C(=O)N1/N=C\c1cn(Cc3ccccc3)c3ccccc13)[C@H]1C=C[C@@H]2CC1. The second-order valence-electron chi connectivity index (χ2n) is 8.79. The van der Waals surface area contributed by atoms with Gasteiger partial charge in [-0.25, -0.2) is 0 Å². The number of nitrogens with zero attached hydrogens (tertiary/aromatic N) is 3. The third-order valence-electron chi connectivity index (χ3n) is 7.06. The van der Waals surface area contributed by atoms with E-state index in [-0.39, 0.29) is 35.5 Å². The van der Waals surface area contributed by atoms with Crippen molar-refractivity contribution in [3.63, 3.8) is 0 Å². The zero-order chi connectivity index (χ0) is 20.9. The summed E-state index contributed by atoms with van der Waals surface area (Å²) in [5, 5.41) is 6.61. The second-order valence-corrected chi connectivity index (χ2v) is 8.79. The van der Waals surface area contributed by atoms with E-state index in [4.69, 9.17) is 0 Å². The summed E-state index contributed by atoms with van der Waals surface area (Å²) < 4.78 is 2.18. The third-order valence-corrected chi connectivity index (χ3v) is 7.06. The molecule has 3 aliphatic carbocycles. The summed E-state index contributed by atoms with van der Waals surface area (Å²) in [6, 6.07) is 18.4. The Morgan fingerprint density at radius 1 is 0.871 bits per heavy atom. The molecule has 2 amide bonds. The van der Waals surface area contributed by atoms with Gasteiger partial charge in [-0.05, 0) is 36.3 Å². The maximum absolute atomic E-state index is 13.0. The molecule has 1 saturated heterocycles. The lowest BCUT2D eigenvalue weighted by Crippen LogP contribution is -2.38. The minimum Gasteiger partial charge on any atom is -0.342 e. The highest BCUT2D eigenvalue weighted by Gasteiger charge is 2.56. The highest BCUT2D eigenvalue weighted by Crippen LogP contribution is 2.49. The number of rotatable bonds is 4. The predicted molar refractivity (Wildman–Crippen MR) is 119 cm³/mol. The first-order valence-corrected chi connectivity index (χ1v) is 10.9. The third kappa shape index (κ3) is 2.87. The van der Waals surface area contributed by atoms with Crippen molar-refractivity contribution in [1.29, 1.82) is 0 Å². The van der Waals surface area contributed by atoms with Crippen molar-refractivity contribution in [2.45, 2.75) is 19.4 Å². The Kier molecular flexibility index (Phi) is 4.16. The maximum atomic E-state index is 13.0. The fourth-order valence-corrected chi connectivity index (χ4v) is 5.58. The van der Waals surface area contributed by atoms with Crippen molar-refractivity contribution < 1.29 is 9.59 Å². The number of fused-ring (bicyclic) bond motifs is 2. The molecule has 2 fully saturated rings. The summed E-state index contributed by atoms with van der Waals surface area (Å²) in [5.41, 5.74) is 3.22. The molecule has 0 radical (unpaired) electrons. The van der Waals surface area contributed by atoms with Crippen LogP contribution in [-0.4, -0.2) is 27.6 Å². The Balaban J connectivity index is 1.33. The molecule has 0 spiro atoms. The van der Waals surface area contributed by atoms with Crippen molar-refractivity contribution in [3.05, 3.63) is 84.1 Å². The van der Waals surface area contributed by atoms with Gasteiger partial charge in [-0.1, -0.05) is 60.7 Å². The van der Waals surface area contributed by atoms with Crippen molar-refractivity contribution in [2.75, 3.05) is 0 Å². The minimum atomic E-state index is -0.229. The molecule has 0 N–H and O–H groups in total. The van der Waals surface area contributed by atoms with Gasteiger partial charge in [0.05, 0.1) is 18.1 Å². The highest BCUT2D eigenvalue weighted by molar-refractivity contribution is 6.07. The first-order valence-electron chi connectivity index (χ1n) is 10.9. The molecule has 2 bridgehead atoms. The Hall–Kier alpha value is -3.47. The van der Waals surface area contributed by atoms with Crippen molar-refractivity contribution in [3.8, 4) is 0 Å². The molecule has 1 saturated carbocycles. The Morgan fingerprint density at radius 2 is 1.52 bits per heavy atom. The van der Waals surface area contributed by atoms with Gasteiger partial charge in [0.2, 0.25) is 0 Å². The van der Waals surface area contributed by atoms with Gasteiger partial charge in [0.1, 0.15) is 0 Å². The number of allylic oxidation sites excluding steroid dienone is 2. The molecule has 4 aliphatic rings. The van der Waals surface area contributed by atoms with Crippen LogP contribution in [0.3, 0.4) is 0 Å². The lowest BCUT2D eigenvalue weighted by atomic mass is 9.63. The molecule has 154 valence electrons. The van der Waals surface area contributed by atoms with Gasteiger partial charge in [-0.3, -0.25) is 9.59 Å². The van der Waals surface area contributed by atoms with Crippen LogP contribution in [0.15, 0.2) is 78.0 Å². The number of hydrogen-bond acceptors (Lipinski definition) is 3. The molecule has 0 unspecified atom stereocenters. The van der Waals surface area contributed by atoms with Crippen LogP contribution in [0.5, 0.6) is 0 Å². The fraction of sp³-hybridized carbons (Fsp3) is 0.269. The number of hydrogen-bond donors (Lipinski definition) is 0. The van der Waals surface area contributed by atoms with E-state index in [1.54, 1.807) is 6.21 Å². The van der Waals surface area contributed by atoms with Crippen molar-refractivity contribution >= 4 is 28.9 Å². The number of hydrazone groups is 1. The maximum Gasteiger partial charge on any atom is 0.254 e. The molecule has 1 aliphatic heterocycles. The van der Waals surface area contributed by atoms with Crippen LogP contribution in [0.1, 0.15) is 24.0 Å². The first kappa shape index (κ1) is 18.3. The molecule has 1 aromatic heterocycles. The van der Waals surface area contributed by atoms with E-state index in [1.807, 2.05) is 36.5 Å². The number of carbonyl (C=O) groups excluding carboxylic acids is 2. The molecule has 4 atom stereocenters. The van der Waals surface area contributed by atoms with Gasteiger partial charge in [0.15, 0.2) is 0 Å². The van der Waals surface area contributed by atoms with E-state index < -0.39 is 0 Å². The summed E-state index contributed by atoms with van der Waals surface area (Å²) in [4.78, 5) is 26.0. The average Bonchev–Trinajstić information content (AvgIpc) is 3.30. The number of benzene rings is 2. The minimum absolute atomic E-state index is 0.140. The Bertz CT molecular complexity index is 1210. The normalized spacial score (nSPS) is 27.0. The van der Waals surface area contributed by atoms with Crippen LogP contribution in [0.25, 0.3) is 10.9 Å². The van der Waals surface area contributed by atoms with E-state index in [0.717, 1.165) is 40.9 Å². The Labute approximate surface area is 180 Å². The molecule has 31 heavy (non-hydrogen) atoms. The van der Waals surface area contributed by atoms with Crippen LogP contribution in [-0.2, 0) is 16.1 Å². The Morgan fingerprint density at radius 3 is 2.19 bits per heavy atom. The topological polar surface area (TPSA) is 54.7 Å². The van der Waals surface area contributed by atoms with Crippen LogP contribution < -0.4 is 0 Å². The number of carbonyl (C=O) groups is 2. The summed E-state index contributed by atoms with van der Waals surface area (Å²) in [6.45, 7) is 0.746. The number of amides is 2. The highest BCUT2D eigenvalue weighted by atomic mass is 16.2. The van der Waals surface area contributed by atoms with Crippen LogP contribution >= 0.6 is 0 Å². The van der Waals surface area contributed by atoms with E-state index in [0.29, 0.717) is 0 Å². The van der Waals surface area contributed by atoms with Gasteiger partial charge < -0.3 is 4.57 Å². The van der Waals surface area contributed by atoms with E-state index >= 15 is 0 Å². The smallest absolute Gasteiger partial charge is 0.254 e. The standard InChI is InChI=1S/C26H23N3O2/c30-25-23-18-10-11-19(13-12-18)24(23)26(31)29(25)27-14-20-16-28(15-17-6-2-1-3-7-17)22-9-5-4-8-21(20)22/h1-11,14,16,18-19,23-24H,12-13,15H2/b27-14-/t18-,19+,23-,24-/m0/s1. The molecular formula is C26H23N3O2. The molecule has 5 heteroatoms. The molecule has 2 heterocycles. The number of aromatic nitrogens is 1. The molecule has 3 aromatic rings. The van der Waals surface area contributed by atoms with Crippen molar-refractivity contribution in [2.24, 2.45) is 28.8 Å². The first-order chi connectivity index (χ1) is 15.2. The van der Waals surface area contributed by atoms with Gasteiger partial charge >= 0.3 is 0 Å². The van der Waals surface area contributed by atoms with Gasteiger partial charge in [0, 0.05) is 29.2 Å². The van der Waals surface area contributed by atoms with Crippen molar-refractivity contribution in [1.82, 2.24) is 9.58 Å². The predicted octanol–water partition coefficient (Wildman–Crippen LogP) is 4.22. The quantitative estimate of drug-likeness (QED) is 0.368. The van der Waals surface area contributed by atoms with E-state index in [9.17, 15) is 9.59 Å². The molecule has 5 nitrogen and oxygen atoms in total. The van der Waals surface area contributed by atoms with Crippen LogP contribution in [0, 0.1) is 23.7 Å². The van der Waals surface area contributed by atoms with E-state index in [1.165, 1.54) is 5.56 Å². The summed E-state index contributed by atoms with van der Waals surface area (Å²) in [6.07, 6.45) is 9.96. The van der Waals surface area contributed by atoms with E-state index in [2.05, 4.69) is 46.1 Å².